The number of benzene rings is 2. The number of aryl methyl sites for hydroxylation is 2. The maximum Gasteiger partial charge on any atom is 0.340 e. The molecule has 2 nitrogen and oxygen atoms in total. The zero-order valence-corrected chi connectivity index (χ0v) is 13.1. The van der Waals surface area contributed by atoms with E-state index in [1.165, 1.54) is 35.3 Å². The van der Waals surface area contributed by atoms with Gasteiger partial charge in [-0.1, -0.05) is 23.8 Å². The molecule has 2 rings (SSSR count). The summed E-state index contributed by atoms with van der Waals surface area (Å²) in [7, 11) is 1.24. The molecule has 4 heteroatoms. The van der Waals surface area contributed by atoms with Gasteiger partial charge < -0.3 is 4.74 Å². The van der Waals surface area contributed by atoms with E-state index in [-0.39, 0.29) is 5.56 Å². The third-order valence-corrected chi connectivity index (χ3v) is 4.41. The van der Waals surface area contributed by atoms with Crippen LogP contribution in [0.2, 0.25) is 0 Å². The van der Waals surface area contributed by atoms with E-state index in [1.807, 2.05) is 6.92 Å². The van der Waals surface area contributed by atoms with Crippen LogP contribution >= 0.6 is 11.8 Å². The largest absolute Gasteiger partial charge is 0.465 e. The molecule has 0 spiro atoms. The molecule has 0 atom stereocenters. The Morgan fingerprint density at radius 3 is 2.62 bits per heavy atom. The first-order chi connectivity index (χ1) is 10.0. The van der Waals surface area contributed by atoms with Crippen molar-refractivity contribution in [3.05, 3.63) is 64.5 Å². The molecule has 0 heterocycles. The molecule has 0 saturated carbocycles. The number of hydrogen-bond donors (Lipinski definition) is 0. The molecule has 110 valence electrons. The first kappa shape index (κ1) is 15.6. The minimum absolute atomic E-state index is 0.0296. The van der Waals surface area contributed by atoms with Gasteiger partial charge in [0.15, 0.2) is 0 Å². The van der Waals surface area contributed by atoms with E-state index in [1.54, 1.807) is 17.8 Å². The lowest BCUT2D eigenvalue weighted by atomic mass is 10.1. The molecule has 0 aliphatic heterocycles. The Labute approximate surface area is 128 Å². The van der Waals surface area contributed by atoms with Crippen LogP contribution in [0.4, 0.5) is 4.39 Å². The summed E-state index contributed by atoms with van der Waals surface area (Å²) in [5, 5.41) is 0. The van der Waals surface area contributed by atoms with Gasteiger partial charge >= 0.3 is 5.97 Å². The van der Waals surface area contributed by atoms with Crippen LogP contribution in [0, 0.1) is 19.7 Å². The van der Waals surface area contributed by atoms with Gasteiger partial charge in [0.2, 0.25) is 0 Å². The van der Waals surface area contributed by atoms with Gasteiger partial charge in [0, 0.05) is 10.6 Å². The summed E-state index contributed by atoms with van der Waals surface area (Å²) in [4.78, 5) is 12.5. The number of hydrogen-bond acceptors (Lipinski definition) is 3. The molecule has 0 unspecified atom stereocenters. The minimum Gasteiger partial charge on any atom is -0.465 e. The molecule has 0 bridgehead atoms. The highest BCUT2D eigenvalue weighted by atomic mass is 32.2. The van der Waals surface area contributed by atoms with Gasteiger partial charge in [-0.2, -0.15) is 0 Å². The van der Waals surface area contributed by atoms with Crippen molar-refractivity contribution in [1.29, 1.82) is 0 Å². The Hall–Kier alpha value is -1.81. The van der Waals surface area contributed by atoms with Crippen molar-refractivity contribution in [2.24, 2.45) is 0 Å². The second kappa shape index (κ2) is 6.76. The van der Waals surface area contributed by atoms with E-state index in [4.69, 9.17) is 0 Å². The third-order valence-electron chi connectivity index (χ3n) is 3.18. The quantitative estimate of drug-likeness (QED) is 0.613. The summed E-state index contributed by atoms with van der Waals surface area (Å²) >= 11 is 1.66. The molecule has 0 amide bonds. The van der Waals surface area contributed by atoms with E-state index < -0.39 is 11.8 Å². The third kappa shape index (κ3) is 3.85. The lowest BCUT2D eigenvalue weighted by Crippen LogP contribution is -2.04. The van der Waals surface area contributed by atoms with Gasteiger partial charge in [0.1, 0.15) is 5.82 Å². The van der Waals surface area contributed by atoms with E-state index in [0.29, 0.717) is 5.75 Å². The predicted molar refractivity (Wildman–Crippen MR) is 83.2 cm³/mol. The molecule has 0 radical (unpaired) electrons. The second-order valence-corrected chi connectivity index (χ2v) is 5.88. The van der Waals surface area contributed by atoms with E-state index >= 15 is 0 Å². The molecule has 0 aliphatic rings. The highest BCUT2D eigenvalue weighted by Gasteiger charge is 2.12. The average molecular weight is 304 g/mol. The fourth-order valence-corrected chi connectivity index (χ4v) is 3.01. The highest BCUT2D eigenvalue weighted by Crippen LogP contribution is 2.27. The van der Waals surface area contributed by atoms with Crippen molar-refractivity contribution < 1.29 is 13.9 Å². The molecule has 0 saturated heterocycles. The van der Waals surface area contributed by atoms with Crippen LogP contribution in [0.5, 0.6) is 0 Å². The summed E-state index contributed by atoms with van der Waals surface area (Å²) in [6.45, 7) is 4.11. The van der Waals surface area contributed by atoms with Crippen LogP contribution in [0.25, 0.3) is 0 Å². The Morgan fingerprint density at radius 2 is 1.95 bits per heavy atom. The van der Waals surface area contributed by atoms with Crippen molar-refractivity contribution in [2.75, 3.05) is 7.11 Å². The highest BCUT2D eigenvalue weighted by molar-refractivity contribution is 7.98. The topological polar surface area (TPSA) is 26.3 Å². The van der Waals surface area contributed by atoms with Gasteiger partial charge in [-0.15, -0.1) is 11.8 Å². The Kier molecular flexibility index (Phi) is 5.02. The number of methoxy groups -OCH3 is 1. The van der Waals surface area contributed by atoms with Crippen LogP contribution in [0.15, 0.2) is 41.3 Å². The molecule has 2 aromatic carbocycles. The average Bonchev–Trinajstić information content (AvgIpc) is 2.47. The van der Waals surface area contributed by atoms with Gasteiger partial charge in [0.25, 0.3) is 0 Å². The standard InChI is InChI=1S/C17H17FO2S/c1-11-4-5-12(2)16(8-11)21-10-13-6-7-14(15(18)9-13)17(19)20-3/h4-9H,10H2,1-3H3. The summed E-state index contributed by atoms with van der Waals surface area (Å²) in [6.07, 6.45) is 0. The first-order valence-electron chi connectivity index (χ1n) is 6.58. The number of rotatable bonds is 4. The van der Waals surface area contributed by atoms with Crippen molar-refractivity contribution in [3.63, 3.8) is 0 Å². The van der Waals surface area contributed by atoms with Gasteiger partial charge in [0.05, 0.1) is 12.7 Å². The van der Waals surface area contributed by atoms with Crippen LogP contribution in [-0.2, 0) is 10.5 Å². The number of ether oxygens (including phenoxy) is 1. The fourth-order valence-electron chi connectivity index (χ4n) is 1.95. The second-order valence-electron chi connectivity index (χ2n) is 4.86. The fraction of sp³-hybridized carbons (Fsp3) is 0.235. The maximum absolute atomic E-state index is 13.8. The Balaban J connectivity index is 2.12. The lowest BCUT2D eigenvalue weighted by molar-refractivity contribution is 0.0595. The van der Waals surface area contributed by atoms with E-state index in [2.05, 4.69) is 29.9 Å². The van der Waals surface area contributed by atoms with Crippen LogP contribution in [0.3, 0.4) is 0 Å². The Morgan fingerprint density at radius 1 is 1.19 bits per heavy atom. The SMILES string of the molecule is COC(=O)c1ccc(CSc2cc(C)ccc2C)cc1F. The van der Waals surface area contributed by atoms with Crippen molar-refractivity contribution >= 4 is 17.7 Å². The van der Waals surface area contributed by atoms with Crippen molar-refractivity contribution in [1.82, 2.24) is 0 Å². The van der Waals surface area contributed by atoms with Crippen molar-refractivity contribution in [3.8, 4) is 0 Å². The smallest absolute Gasteiger partial charge is 0.340 e. The molecule has 2 aromatic rings. The number of halogens is 1. The van der Waals surface area contributed by atoms with Gasteiger partial charge in [-0.3, -0.25) is 0 Å². The minimum atomic E-state index is -0.652. The molecular formula is C17H17FO2S. The van der Waals surface area contributed by atoms with Crippen LogP contribution in [-0.4, -0.2) is 13.1 Å². The zero-order chi connectivity index (χ0) is 15.4. The Bertz CT molecular complexity index is 668. The monoisotopic (exact) mass is 304 g/mol. The molecule has 0 aliphatic carbocycles. The summed E-state index contributed by atoms with van der Waals surface area (Å²) in [5.74, 6) is -0.537. The zero-order valence-electron chi connectivity index (χ0n) is 12.3. The molecule has 0 fully saturated rings. The van der Waals surface area contributed by atoms with Crippen LogP contribution < -0.4 is 0 Å². The normalized spacial score (nSPS) is 10.5. The van der Waals surface area contributed by atoms with Crippen LogP contribution in [0.1, 0.15) is 27.0 Å². The van der Waals surface area contributed by atoms with Gasteiger partial charge in [-0.05, 0) is 43.2 Å². The molecule has 0 N–H and O–H groups in total. The van der Waals surface area contributed by atoms with E-state index in [0.717, 1.165) is 5.56 Å². The summed E-state index contributed by atoms with van der Waals surface area (Å²) in [6, 6.07) is 10.9. The molecule has 0 aromatic heterocycles. The van der Waals surface area contributed by atoms with E-state index in [9.17, 15) is 9.18 Å². The number of carbonyl (C=O) groups is 1. The summed E-state index contributed by atoms with van der Waals surface area (Å²) < 4.78 is 18.4. The predicted octanol–water partition coefficient (Wildman–Crippen LogP) is 4.52. The summed E-state index contributed by atoms with van der Waals surface area (Å²) in [5.41, 5.74) is 3.22. The van der Waals surface area contributed by atoms with Crippen molar-refractivity contribution in [2.45, 2.75) is 24.5 Å². The lowest BCUT2D eigenvalue weighted by Gasteiger charge is -2.08. The number of thioether (sulfide) groups is 1. The first-order valence-corrected chi connectivity index (χ1v) is 7.56. The molecule has 21 heavy (non-hydrogen) atoms. The molecular weight excluding hydrogens is 287 g/mol. The number of carbonyl (C=O) groups excluding carboxylic acids is 1. The van der Waals surface area contributed by atoms with Gasteiger partial charge in [-0.25, -0.2) is 9.18 Å². The number of esters is 1. The maximum atomic E-state index is 13.8.